The lowest BCUT2D eigenvalue weighted by molar-refractivity contribution is 0.224. The van der Waals surface area contributed by atoms with Gasteiger partial charge in [-0.1, -0.05) is 200 Å². The lowest BCUT2D eigenvalue weighted by Gasteiger charge is -2.34. The molecule has 10 rings (SSSR count). The van der Waals surface area contributed by atoms with Crippen LogP contribution in [0.1, 0.15) is 197 Å². The second kappa shape index (κ2) is 19.8. The van der Waals surface area contributed by atoms with Crippen LogP contribution in [0.25, 0.3) is 83.9 Å². The van der Waals surface area contributed by atoms with Gasteiger partial charge in [0.25, 0.3) is 0 Å². The van der Waals surface area contributed by atoms with Gasteiger partial charge in [-0.3, -0.25) is 9.55 Å². The summed E-state index contributed by atoms with van der Waals surface area (Å²) in [5.74, 6) is -3.45. The summed E-state index contributed by atoms with van der Waals surface area (Å²) in [6.45, 7) is -12.8. The van der Waals surface area contributed by atoms with Crippen molar-refractivity contribution in [3.8, 4) is 78.6 Å². The Morgan fingerprint density at radius 3 is 1.96 bits per heavy atom. The third-order valence-electron chi connectivity index (χ3n) is 15.0. The monoisotopic (exact) mass is 1040 g/mol. The molecule has 2 heterocycles. The largest absolute Gasteiger partial charge is 0.507 e. The van der Waals surface area contributed by atoms with Crippen molar-refractivity contribution in [3.05, 3.63) is 191 Å². The van der Waals surface area contributed by atoms with Crippen LogP contribution in [0.2, 0.25) is 0 Å². The van der Waals surface area contributed by atoms with Gasteiger partial charge in [0.15, 0.2) is 0 Å². The summed E-state index contributed by atoms with van der Waals surface area (Å²) in [6.07, 6.45) is 4.10. The molecule has 0 bridgehead atoms. The van der Waals surface area contributed by atoms with Gasteiger partial charge in [0, 0.05) is 58.6 Å². The summed E-state index contributed by atoms with van der Waals surface area (Å²) in [5, 5.41) is 13.3. The standard InChI is InChI=1S/C73H81N3O/c1-46-38-51(48-32-35-73(14,15)36-33-48)28-30-58(46)50-26-24-47(25-27-50)52-34-37-74-63(42-52)54-39-53(40-56(41-54)70(5,6)7)59-22-19-23-65-66(59)75-68(61-44-57(71(8,9)10)45-62(67(61)77)72(11,12)13)76(65)64-31-29-55(69(2,3)4)43-60(64)49-20-17-16-18-21-49/h16-31,34,37-45,48,77H,32-33,35-36H2,1-15H3/i1D3,8D3,9D3,10D3,11D3,12D3,13D3,34D,42D,44D,45D,48D. The zero-order valence-electron chi connectivity index (χ0n) is 70.8. The molecular weight excluding hydrogens is 935 g/mol. The van der Waals surface area contributed by atoms with E-state index in [-0.39, 0.29) is 56.6 Å². The van der Waals surface area contributed by atoms with Crippen molar-refractivity contribution in [2.45, 2.75) is 157 Å². The molecule has 1 aliphatic carbocycles. The predicted molar refractivity (Wildman–Crippen MR) is 328 cm³/mol. The van der Waals surface area contributed by atoms with Crippen molar-refractivity contribution >= 4 is 11.0 Å². The lowest BCUT2D eigenvalue weighted by atomic mass is 9.71. The quantitative estimate of drug-likeness (QED) is 0.165. The number of hydrogen-bond donors (Lipinski definition) is 1. The average Bonchev–Trinajstić information content (AvgIpc) is 1.18. The van der Waals surface area contributed by atoms with E-state index in [1.54, 1.807) is 103 Å². The number of fused-ring (bicyclic) bond motifs is 1. The van der Waals surface area contributed by atoms with Crippen LogP contribution in [0.5, 0.6) is 5.75 Å². The third-order valence-corrected chi connectivity index (χ3v) is 15.0. The maximum absolute atomic E-state index is 13.3. The van der Waals surface area contributed by atoms with Gasteiger partial charge in [-0.15, -0.1) is 0 Å². The molecule has 1 saturated carbocycles. The number of nitrogens with zero attached hydrogens (tertiary/aromatic N) is 3. The molecule has 0 unspecified atom stereocenters. The van der Waals surface area contributed by atoms with Gasteiger partial charge in [-0.05, 0) is 175 Å². The molecule has 0 amide bonds. The number of aryl methyl sites for hydroxylation is 1. The summed E-state index contributed by atoms with van der Waals surface area (Å²) in [7, 11) is 0. The number of phenols is 1. The first-order valence-electron chi connectivity index (χ1n) is 39.0. The highest BCUT2D eigenvalue weighted by Crippen LogP contribution is 2.47. The molecule has 4 nitrogen and oxygen atoms in total. The molecule has 0 saturated heterocycles. The Morgan fingerprint density at radius 1 is 0.584 bits per heavy atom. The fourth-order valence-corrected chi connectivity index (χ4v) is 10.3. The summed E-state index contributed by atoms with van der Waals surface area (Å²) in [6, 6.07) is 32.3. The molecule has 4 heteroatoms. The average molecular weight is 1040 g/mol. The SMILES string of the molecule is [2H]c1cnc(-c2cc(-c3cccc4c3nc(-c3c([2H])c(C(C([2H])([2H])[2H])(C([2H])([2H])[2H])C([2H])([2H])[2H])c([2H])c(C(C([2H])([2H])[2H])(C([2H])([2H])[2H])C([2H])([2H])[2H])c3O)n4-c3ccc(C(C)(C)C)cc3-c3ccccc3)cc(C(C)(C)C)c2)c([2H])c1-c1ccc(-c2ccc(C3([2H])CCC(C)(C)CC3)cc2C([2H])([2H])[2H])cc1. The fraction of sp³-hybridized carbons (Fsp3) is 0.342. The van der Waals surface area contributed by atoms with E-state index in [0.717, 1.165) is 18.4 Å². The molecule has 1 N–H and O–H groups in total. The van der Waals surface area contributed by atoms with Gasteiger partial charge in [0.05, 0.1) is 33.5 Å². The Morgan fingerprint density at radius 2 is 1.27 bits per heavy atom. The van der Waals surface area contributed by atoms with E-state index in [2.05, 4.69) is 18.8 Å². The maximum Gasteiger partial charge on any atom is 0.149 e. The maximum atomic E-state index is 13.3. The number of rotatable bonds is 8. The topological polar surface area (TPSA) is 50.9 Å². The first-order valence-corrected chi connectivity index (χ1v) is 26.0. The second-order valence-corrected chi connectivity index (χ2v) is 23.4. The van der Waals surface area contributed by atoms with Gasteiger partial charge in [-0.25, -0.2) is 4.98 Å². The summed E-state index contributed by atoms with van der Waals surface area (Å²) in [4.78, 5) is 9.82. The molecule has 2 aromatic heterocycles. The van der Waals surface area contributed by atoms with Crippen LogP contribution < -0.4 is 0 Å². The minimum atomic E-state index is -4.49. The van der Waals surface area contributed by atoms with Crippen LogP contribution >= 0.6 is 0 Å². The van der Waals surface area contributed by atoms with Gasteiger partial charge in [0.2, 0.25) is 0 Å². The number of hydrogen-bond acceptors (Lipinski definition) is 3. The smallest absolute Gasteiger partial charge is 0.149 e. The van der Waals surface area contributed by atoms with Crippen LogP contribution in [0.4, 0.5) is 0 Å². The molecule has 0 spiro atoms. The number of aromatic hydroxyl groups is 1. The first kappa shape index (κ1) is 30.2. The molecule has 0 atom stereocenters. The van der Waals surface area contributed by atoms with Crippen molar-refractivity contribution in [2.24, 2.45) is 5.41 Å². The Balaban J connectivity index is 1.30. The second-order valence-electron chi connectivity index (χ2n) is 23.4. The van der Waals surface area contributed by atoms with Gasteiger partial charge >= 0.3 is 0 Å². The molecule has 9 aromatic rings. The summed E-state index contributed by atoms with van der Waals surface area (Å²) in [5.41, 5.74) is -9.33. The van der Waals surface area contributed by atoms with Crippen LogP contribution in [-0.2, 0) is 21.7 Å². The zero-order valence-corrected chi connectivity index (χ0v) is 44.8. The highest BCUT2D eigenvalue weighted by molar-refractivity contribution is 5.98. The van der Waals surface area contributed by atoms with E-state index in [9.17, 15) is 12.0 Å². The molecule has 1 fully saturated rings. The number of aromatic nitrogens is 3. The Kier molecular flexibility index (Phi) is 7.75. The van der Waals surface area contributed by atoms with Crippen LogP contribution in [0, 0.1) is 12.3 Å². The Hall–Kier alpha value is -7.04. The van der Waals surface area contributed by atoms with E-state index in [0.29, 0.717) is 62.9 Å². The van der Waals surface area contributed by atoms with E-state index in [4.69, 9.17) is 33.8 Å². The lowest BCUT2D eigenvalue weighted by Crippen LogP contribution is -2.20. The van der Waals surface area contributed by atoms with Crippen LogP contribution in [-0.4, -0.2) is 19.6 Å². The van der Waals surface area contributed by atoms with Crippen molar-refractivity contribution in [2.75, 3.05) is 0 Å². The minimum absolute atomic E-state index is 0.0532. The predicted octanol–water partition coefficient (Wildman–Crippen LogP) is 20.3. The molecule has 0 aliphatic heterocycles. The van der Waals surface area contributed by atoms with Crippen molar-refractivity contribution in [1.29, 1.82) is 0 Å². The van der Waals surface area contributed by atoms with Crippen LogP contribution in [0.15, 0.2) is 158 Å². The number of pyridine rings is 1. The minimum Gasteiger partial charge on any atom is -0.507 e. The molecule has 77 heavy (non-hydrogen) atoms. The Bertz CT molecular complexity index is 4600. The van der Waals surface area contributed by atoms with Crippen molar-refractivity contribution in [1.82, 2.24) is 14.5 Å². The molecule has 0 radical (unpaired) electrons. The van der Waals surface area contributed by atoms with Gasteiger partial charge < -0.3 is 5.11 Å². The Labute approximate surface area is 497 Å². The molecule has 1 aliphatic rings. The van der Waals surface area contributed by atoms with Crippen molar-refractivity contribution < 1.29 is 40.7 Å². The molecule has 394 valence electrons. The highest BCUT2D eigenvalue weighted by atomic mass is 16.3. The number of para-hydroxylation sites is 1. The third kappa shape index (κ3) is 10.8. The number of imidazole rings is 1. The van der Waals surface area contributed by atoms with E-state index in [1.165, 1.54) is 10.8 Å². The van der Waals surface area contributed by atoms with E-state index < -0.39 is 116 Å². The van der Waals surface area contributed by atoms with E-state index in [1.807, 2.05) is 65.8 Å². The highest BCUT2D eigenvalue weighted by Gasteiger charge is 2.31. The van der Waals surface area contributed by atoms with Gasteiger partial charge in [-0.2, -0.15) is 0 Å². The fourth-order valence-electron chi connectivity index (χ4n) is 10.3. The summed E-state index contributed by atoms with van der Waals surface area (Å²) >= 11 is 0. The molecule has 7 aromatic carbocycles. The van der Waals surface area contributed by atoms with Crippen molar-refractivity contribution in [3.63, 3.8) is 0 Å². The zero-order chi connectivity index (χ0) is 76.9. The van der Waals surface area contributed by atoms with Crippen LogP contribution in [0.3, 0.4) is 0 Å². The van der Waals surface area contributed by atoms with E-state index >= 15 is 0 Å². The van der Waals surface area contributed by atoms with Gasteiger partial charge in [0.1, 0.15) is 11.6 Å². The molecular formula is C73H81N3O. The number of phenolic OH excluding ortho intramolecular Hbond substituents is 1. The summed E-state index contributed by atoms with van der Waals surface area (Å²) < 4.78 is 236. The first-order chi connectivity index (χ1) is 47.0. The number of benzene rings is 7. The normalized spacial score (nSPS) is 21.1.